The molecule has 0 radical (unpaired) electrons. The number of aliphatic carboxylic acids is 2. The third-order valence-electron chi connectivity index (χ3n) is 5.30. The lowest BCUT2D eigenvalue weighted by Gasteiger charge is -2.34. The van der Waals surface area contributed by atoms with Crippen LogP contribution >= 0.6 is 11.3 Å². The van der Waals surface area contributed by atoms with E-state index in [0.29, 0.717) is 35.9 Å². The number of hydrogen-bond acceptors (Lipinski definition) is 7. The van der Waals surface area contributed by atoms with Gasteiger partial charge in [-0.15, -0.1) is 11.3 Å². The highest BCUT2D eigenvalue weighted by Gasteiger charge is 2.40. The summed E-state index contributed by atoms with van der Waals surface area (Å²) in [5, 5.41) is 16.2. The van der Waals surface area contributed by atoms with Crippen molar-refractivity contribution in [2.24, 2.45) is 5.92 Å². The van der Waals surface area contributed by atoms with Gasteiger partial charge < -0.3 is 14.9 Å². The number of thiophene rings is 1. The predicted molar refractivity (Wildman–Crippen MR) is 121 cm³/mol. The number of fused-ring (bicyclic) bond motifs is 1. The molecule has 2 aromatic rings. The lowest BCUT2D eigenvalue weighted by Crippen LogP contribution is -2.38. The Labute approximate surface area is 199 Å². The van der Waals surface area contributed by atoms with Crippen LogP contribution in [-0.4, -0.2) is 45.3 Å². The Bertz CT molecular complexity index is 1110. The Morgan fingerprint density at radius 1 is 1.15 bits per heavy atom. The van der Waals surface area contributed by atoms with Gasteiger partial charge in [0.1, 0.15) is 5.82 Å². The molecule has 8 nitrogen and oxygen atoms in total. The molecule has 2 N–H and O–H groups in total. The highest BCUT2D eigenvalue weighted by molar-refractivity contribution is 7.14. The summed E-state index contributed by atoms with van der Waals surface area (Å²) in [6.07, 6.45) is 3.69. The van der Waals surface area contributed by atoms with Crippen LogP contribution in [-0.2, 0) is 32.1 Å². The standard InChI is InChI=1S/C20H20FNO3S.C4H4O4/c1-12(23)25-18-10-14-11-22(9-8-17(14)26-18)19(20(24)13-6-7-13)15-4-2-3-5-16(15)21;5-3(6)1-2-4(7)8/h2-5,10,13,19H,6-9,11H2,1H3;1-2H,(H,5,6)(H,7,8)/b;2-1-/t19-;/m0./s1. The molecule has 0 bridgehead atoms. The van der Waals surface area contributed by atoms with Crippen LogP contribution in [0.2, 0.25) is 0 Å². The van der Waals surface area contributed by atoms with Crippen LogP contribution in [0.3, 0.4) is 0 Å². The van der Waals surface area contributed by atoms with Crippen molar-refractivity contribution in [1.29, 1.82) is 0 Å². The van der Waals surface area contributed by atoms with Gasteiger partial charge in [0, 0.05) is 48.5 Å². The molecule has 1 saturated carbocycles. The average molecular weight is 490 g/mol. The van der Waals surface area contributed by atoms with Gasteiger partial charge in [0.15, 0.2) is 10.8 Å². The molecular formula is C24H24FNO7S. The first kappa shape index (κ1) is 25.3. The van der Waals surface area contributed by atoms with Gasteiger partial charge in [-0.1, -0.05) is 18.2 Å². The van der Waals surface area contributed by atoms with Crippen molar-refractivity contribution in [1.82, 2.24) is 4.90 Å². The maximum atomic E-state index is 14.4. The van der Waals surface area contributed by atoms with E-state index in [0.717, 1.165) is 24.8 Å². The van der Waals surface area contributed by atoms with Crippen LogP contribution in [0, 0.1) is 11.7 Å². The summed E-state index contributed by atoms with van der Waals surface area (Å²) in [7, 11) is 0. The van der Waals surface area contributed by atoms with Crippen molar-refractivity contribution in [2.75, 3.05) is 6.54 Å². The lowest BCUT2D eigenvalue weighted by atomic mass is 9.95. The molecule has 0 saturated heterocycles. The van der Waals surface area contributed by atoms with Gasteiger partial charge in [0.2, 0.25) is 0 Å². The van der Waals surface area contributed by atoms with Crippen LogP contribution in [0.15, 0.2) is 42.5 Å². The maximum Gasteiger partial charge on any atom is 0.328 e. The zero-order valence-electron chi connectivity index (χ0n) is 18.4. The maximum absolute atomic E-state index is 14.4. The number of hydrogen-bond donors (Lipinski definition) is 2. The minimum Gasteiger partial charge on any atom is -0.478 e. The summed E-state index contributed by atoms with van der Waals surface area (Å²) in [5.74, 6) is -3.01. The Morgan fingerprint density at radius 2 is 1.79 bits per heavy atom. The molecule has 1 fully saturated rings. The topological polar surface area (TPSA) is 121 Å². The summed E-state index contributed by atoms with van der Waals surface area (Å²) in [6.45, 7) is 2.63. The van der Waals surface area contributed by atoms with E-state index in [4.69, 9.17) is 14.9 Å². The number of carbonyl (C=O) groups excluding carboxylic acids is 2. The van der Waals surface area contributed by atoms with Crippen LogP contribution in [0.1, 0.15) is 41.8 Å². The Morgan fingerprint density at radius 3 is 2.35 bits per heavy atom. The first-order valence-electron chi connectivity index (χ1n) is 10.6. The number of ether oxygens (including phenoxy) is 1. The third-order valence-corrected chi connectivity index (χ3v) is 6.42. The molecule has 180 valence electrons. The van der Waals surface area contributed by atoms with Crippen molar-refractivity contribution < 1.29 is 38.5 Å². The Balaban J connectivity index is 0.000000350. The molecule has 10 heteroatoms. The van der Waals surface area contributed by atoms with E-state index in [9.17, 15) is 23.6 Å². The summed E-state index contributed by atoms with van der Waals surface area (Å²) in [5.41, 5.74) is 1.52. The minimum absolute atomic E-state index is 0.0556. The predicted octanol–water partition coefficient (Wildman–Crippen LogP) is 3.60. The summed E-state index contributed by atoms with van der Waals surface area (Å²) in [4.78, 5) is 46.5. The number of carboxylic acid groups (broad SMARTS) is 2. The van der Waals surface area contributed by atoms with Gasteiger partial charge in [0.25, 0.3) is 0 Å². The van der Waals surface area contributed by atoms with Crippen LogP contribution in [0.4, 0.5) is 4.39 Å². The van der Waals surface area contributed by atoms with E-state index in [-0.39, 0.29) is 23.5 Å². The molecule has 0 amide bonds. The van der Waals surface area contributed by atoms with Crippen molar-refractivity contribution in [2.45, 2.75) is 38.8 Å². The molecular weight excluding hydrogens is 465 g/mol. The first-order valence-corrected chi connectivity index (χ1v) is 11.4. The fourth-order valence-electron chi connectivity index (χ4n) is 3.70. The van der Waals surface area contributed by atoms with E-state index in [2.05, 4.69) is 4.90 Å². The molecule has 2 aliphatic rings. The average Bonchev–Trinajstić information content (AvgIpc) is 3.54. The third kappa shape index (κ3) is 6.82. The SMILES string of the molecule is CC(=O)Oc1cc2c(s1)CCN([C@H](C(=O)C1CC1)c1ccccc1F)C2.O=C(O)/C=C\C(=O)O. The molecule has 1 aliphatic carbocycles. The zero-order valence-corrected chi connectivity index (χ0v) is 19.2. The second-order valence-corrected chi connectivity index (χ2v) is 9.04. The summed E-state index contributed by atoms with van der Waals surface area (Å²) in [6, 6.07) is 7.89. The van der Waals surface area contributed by atoms with E-state index >= 15 is 0 Å². The minimum atomic E-state index is -1.26. The molecule has 1 aliphatic heterocycles. The van der Waals surface area contributed by atoms with Crippen LogP contribution in [0.25, 0.3) is 0 Å². The van der Waals surface area contributed by atoms with Crippen LogP contribution in [0.5, 0.6) is 5.06 Å². The van der Waals surface area contributed by atoms with E-state index < -0.39 is 18.0 Å². The van der Waals surface area contributed by atoms with E-state index in [1.165, 1.54) is 29.2 Å². The van der Waals surface area contributed by atoms with Crippen molar-refractivity contribution >= 4 is 35.0 Å². The fourth-order valence-corrected chi connectivity index (χ4v) is 4.75. The summed E-state index contributed by atoms with van der Waals surface area (Å²) >= 11 is 1.47. The number of rotatable bonds is 7. The van der Waals surface area contributed by atoms with Crippen molar-refractivity contribution in [3.8, 4) is 5.06 Å². The zero-order chi connectivity index (χ0) is 24.8. The highest BCUT2D eigenvalue weighted by atomic mass is 32.1. The largest absolute Gasteiger partial charge is 0.478 e. The van der Waals surface area contributed by atoms with Gasteiger partial charge >= 0.3 is 17.9 Å². The number of halogens is 1. The van der Waals surface area contributed by atoms with Gasteiger partial charge in [-0.2, -0.15) is 0 Å². The number of benzene rings is 1. The van der Waals surface area contributed by atoms with Crippen LogP contribution < -0.4 is 4.74 Å². The summed E-state index contributed by atoms with van der Waals surface area (Å²) < 4.78 is 19.6. The molecule has 34 heavy (non-hydrogen) atoms. The number of esters is 1. The molecule has 4 rings (SSSR count). The highest BCUT2D eigenvalue weighted by Crippen LogP contribution is 2.41. The monoisotopic (exact) mass is 489 g/mol. The Kier molecular flexibility index (Phi) is 8.30. The molecule has 0 spiro atoms. The molecule has 1 aromatic carbocycles. The molecule has 1 atom stereocenters. The quantitative estimate of drug-likeness (QED) is 0.447. The second kappa shape index (κ2) is 11.2. The smallest absolute Gasteiger partial charge is 0.328 e. The van der Waals surface area contributed by atoms with Gasteiger partial charge in [0.05, 0.1) is 6.04 Å². The number of Topliss-reactive ketones (excluding diaryl/α,β-unsaturated/α-hetero) is 1. The normalized spacial score (nSPS) is 16.2. The second-order valence-electron chi connectivity index (χ2n) is 7.94. The van der Waals surface area contributed by atoms with Crippen molar-refractivity contribution in [3.05, 3.63) is 64.3 Å². The number of carbonyl (C=O) groups is 4. The number of ketones is 1. The van der Waals surface area contributed by atoms with Gasteiger partial charge in [-0.3, -0.25) is 14.5 Å². The number of carboxylic acids is 2. The van der Waals surface area contributed by atoms with E-state index in [1.54, 1.807) is 18.2 Å². The van der Waals surface area contributed by atoms with Gasteiger partial charge in [-0.25, -0.2) is 14.0 Å². The molecule has 2 heterocycles. The molecule has 1 aromatic heterocycles. The lowest BCUT2D eigenvalue weighted by molar-refractivity contribution is -0.134. The van der Waals surface area contributed by atoms with E-state index in [1.807, 2.05) is 6.07 Å². The first-order chi connectivity index (χ1) is 16.2. The Hall–Kier alpha value is -3.37. The molecule has 0 unspecified atom stereocenters. The fraction of sp³-hybridized carbons (Fsp3) is 0.333. The van der Waals surface area contributed by atoms with Gasteiger partial charge in [-0.05, 0) is 37.0 Å². The number of nitrogens with zero attached hydrogens (tertiary/aromatic N) is 1. The van der Waals surface area contributed by atoms with Crippen molar-refractivity contribution in [3.63, 3.8) is 0 Å².